The summed E-state index contributed by atoms with van der Waals surface area (Å²) < 4.78 is 22.1. The summed E-state index contributed by atoms with van der Waals surface area (Å²) >= 11 is 0. The lowest BCUT2D eigenvalue weighted by Gasteiger charge is -2.19. The summed E-state index contributed by atoms with van der Waals surface area (Å²) in [5, 5.41) is 9.18. The van der Waals surface area contributed by atoms with Gasteiger partial charge in [0.25, 0.3) is 11.8 Å². The molecule has 2 aromatic carbocycles. The molecule has 0 bridgehead atoms. The molecule has 1 aliphatic rings. The van der Waals surface area contributed by atoms with Crippen molar-refractivity contribution in [3.63, 3.8) is 0 Å². The third-order valence-electron chi connectivity index (χ3n) is 6.56. The van der Waals surface area contributed by atoms with Crippen LogP contribution in [-0.4, -0.2) is 66.7 Å². The van der Waals surface area contributed by atoms with Crippen molar-refractivity contribution in [2.45, 2.75) is 52.4 Å². The van der Waals surface area contributed by atoms with Crippen LogP contribution in [0.3, 0.4) is 0 Å². The van der Waals surface area contributed by atoms with Crippen LogP contribution >= 0.6 is 0 Å². The Balaban J connectivity index is 1.27. The maximum atomic E-state index is 12.5. The number of hydrogen-bond acceptors (Lipinski definition) is 9. The first-order valence-corrected chi connectivity index (χ1v) is 14.2. The summed E-state index contributed by atoms with van der Waals surface area (Å²) in [4.78, 5) is 48.6. The quantitative estimate of drug-likeness (QED) is 0.117. The normalized spacial score (nSPS) is 12.9. The van der Waals surface area contributed by atoms with Gasteiger partial charge >= 0.3 is 11.9 Å². The fourth-order valence-corrected chi connectivity index (χ4v) is 3.84. The SMILES string of the molecule is CC(C)(CO)C(=O)OCCCCCCOc1ccc(C(=O)Oc2ccc(OCCCCN3C(=O)C=CC3=O)cc2)cc1. The fraction of sp³-hybridized carbons (Fsp3) is 0.438. The first kappa shape index (κ1) is 32.3. The largest absolute Gasteiger partial charge is 0.494 e. The molecule has 0 aliphatic carbocycles. The molecular formula is C32H39NO9. The second kappa shape index (κ2) is 16.3. The van der Waals surface area contributed by atoms with Crippen LogP contribution in [0.25, 0.3) is 0 Å². The molecule has 0 atom stereocenters. The number of carbonyl (C=O) groups excluding carboxylic acids is 4. The van der Waals surface area contributed by atoms with Crippen LogP contribution < -0.4 is 14.2 Å². The molecular weight excluding hydrogens is 542 g/mol. The van der Waals surface area contributed by atoms with Crippen LogP contribution in [-0.2, 0) is 19.1 Å². The molecule has 0 aromatic heterocycles. The van der Waals surface area contributed by atoms with E-state index >= 15 is 0 Å². The first-order chi connectivity index (χ1) is 20.2. The Labute approximate surface area is 246 Å². The molecule has 1 heterocycles. The minimum absolute atomic E-state index is 0.243. The van der Waals surface area contributed by atoms with Crippen molar-refractivity contribution < 1.29 is 43.2 Å². The Bertz CT molecular complexity index is 1200. The van der Waals surface area contributed by atoms with E-state index in [1.807, 2.05) is 0 Å². The molecule has 2 amide bonds. The van der Waals surface area contributed by atoms with E-state index in [-0.39, 0.29) is 24.4 Å². The van der Waals surface area contributed by atoms with Gasteiger partial charge in [0.1, 0.15) is 17.2 Å². The zero-order valence-electron chi connectivity index (χ0n) is 24.2. The summed E-state index contributed by atoms with van der Waals surface area (Å²) in [5.41, 5.74) is -0.475. The number of benzene rings is 2. The van der Waals surface area contributed by atoms with E-state index in [0.29, 0.717) is 62.0 Å². The Morgan fingerprint density at radius 1 is 0.714 bits per heavy atom. The van der Waals surface area contributed by atoms with Crippen molar-refractivity contribution in [1.82, 2.24) is 4.90 Å². The molecule has 0 saturated heterocycles. The van der Waals surface area contributed by atoms with Crippen LogP contribution in [0.15, 0.2) is 60.7 Å². The Morgan fingerprint density at radius 3 is 1.79 bits per heavy atom. The van der Waals surface area contributed by atoms with Crippen molar-refractivity contribution in [3.8, 4) is 17.2 Å². The van der Waals surface area contributed by atoms with Gasteiger partial charge in [0.15, 0.2) is 0 Å². The van der Waals surface area contributed by atoms with Gasteiger partial charge in [-0.3, -0.25) is 19.3 Å². The predicted octanol–water partition coefficient (Wildman–Crippen LogP) is 4.49. The van der Waals surface area contributed by atoms with Crippen molar-refractivity contribution in [3.05, 3.63) is 66.2 Å². The third-order valence-corrected chi connectivity index (χ3v) is 6.56. The highest BCUT2D eigenvalue weighted by molar-refractivity contribution is 6.12. The maximum absolute atomic E-state index is 12.5. The second-order valence-electron chi connectivity index (χ2n) is 10.5. The summed E-state index contributed by atoms with van der Waals surface area (Å²) in [6, 6.07) is 13.5. The van der Waals surface area contributed by atoms with Gasteiger partial charge < -0.3 is 24.1 Å². The van der Waals surface area contributed by atoms with E-state index < -0.39 is 11.4 Å². The van der Waals surface area contributed by atoms with Gasteiger partial charge in [0.2, 0.25) is 0 Å². The molecule has 0 spiro atoms. The Hall–Kier alpha value is -4.18. The minimum Gasteiger partial charge on any atom is -0.494 e. The van der Waals surface area contributed by atoms with Crippen molar-refractivity contribution in [1.29, 1.82) is 0 Å². The summed E-state index contributed by atoms with van der Waals surface area (Å²) in [7, 11) is 0. The number of esters is 2. The van der Waals surface area contributed by atoms with Gasteiger partial charge in [-0.05, 0) is 101 Å². The highest BCUT2D eigenvalue weighted by atomic mass is 16.5. The van der Waals surface area contributed by atoms with Crippen LogP contribution in [0, 0.1) is 5.41 Å². The topological polar surface area (TPSA) is 129 Å². The molecule has 10 nitrogen and oxygen atoms in total. The van der Waals surface area contributed by atoms with Crippen LogP contribution in [0.2, 0.25) is 0 Å². The van der Waals surface area contributed by atoms with Crippen LogP contribution in [0.5, 0.6) is 17.2 Å². The summed E-state index contributed by atoms with van der Waals surface area (Å²) in [6.07, 6.45) is 7.30. The molecule has 1 aliphatic heterocycles. The van der Waals surface area contributed by atoms with Crippen LogP contribution in [0.1, 0.15) is 62.7 Å². The zero-order valence-corrected chi connectivity index (χ0v) is 24.2. The number of imide groups is 1. The summed E-state index contributed by atoms with van der Waals surface area (Å²) in [6.45, 7) is 4.72. The van der Waals surface area contributed by atoms with E-state index in [1.54, 1.807) is 62.4 Å². The number of unbranched alkanes of at least 4 members (excludes halogenated alkanes) is 4. The number of nitrogens with zero attached hydrogens (tertiary/aromatic N) is 1. The molecule has 42 heavy (non-hydrogen) atoms. The van der Waals surface area contributed by atoms with Gasteiger partial charge in [-0.2, -0.15) is 0 Å². The molecule has 0 unspecified atom stereocenters. The van der Waals surface area contributed by atoms with Crippen molar-refractivity contribution in [2.24, 2.45) is 5.41 Å². The highest BCUT2D eigenvalue weighted by Gasteiger charge is 2.28. The van der Waals surface area contributed by atoms with Gasteiger partial charge in [-0.15, -0.1) is 0 Å². The molecule has 0 radical (unpaired) electrons. The molecule has 3 rings (SSSR count). The van der Waals surface area contributed by atoms with Crippen molar-refractivity contribution >= 4 is 23.8 Å². The standard InChI is InChI=1S/C32H39NO9/c1-32(2,23-34)31(38)41-22-7-4-3-6-20-39-25-11-9-24(10-12-25)30(37)42-27-15-13-26(14-16-27)40-21-8-5-19-33-28(35)17-18-29(33)36/h9-18,34H,3-8,19-23H2,1-2H3. The van der Waals surface area contributed by atoms with Gasteiger partial charge in [0, 0.05) is 18.7 Å². The monoisotopic (exact) mass is 581 g/mol. The van der Waals surface area contributed by atoms with Gasteiger partial charge in [-0.25, -0.2) is 4.79 Å². The number of rotatable bonds is 18. The number of aliphatic hydroxyl groups is 1. The lowest BCUT2D eigenvalue weighted by Crippen LogP contribution is -2.31. The molecule has 226 valence electrons. The second-order valence-corrected chi connectivity index (χ2v) is 10.5. The average molecular weight is 582 g/mol. The van der Waals surface area contributed by atoms with Gasteiger partial charge in [-0.1, -0.05) is 0 Å². The maximum Gasteiger partial charge on any atom is 0.343 e. The number of carbonyl (C=O) groups is 4. The first-order valence-electron chi connectivity index (χ1n) is 14.2. The molecule has 10 heteroatoms. The third kappa shape index (κ3) is 10.3. The number of ether oxygens (including phenoxy) is 4. The molecule has 1 N–H and O–H groups in total. The average Bonchev–Trinajstić information content (AvgIpc) is 3.31. The molecule has 0 fully saturated rings. The highest BCUT2D eigenvalue weighted by Crippen LogP contribution is 2.21. The van der Waals surface area contributed by atoms with E-state index in [4.69, 9.17) is 18.9 Å². The predicted molar refractivity (Wildman–Crippen MR) is 154 cm³/mol. The van der Waals surface area contributed by atoms with Crippen molar-refractivity contribution in [2.75, 3.05) is 33.0 Å². The number of amides is 2. The Kier molecular flexibility index (Phi) is 12.6. The van der Waals surface area contributed by atoms with E-state index in [1.165, 1.54) is 17.1 Å². The van der Waals surface area contributed by atoms with E-state index in [0.717, 1.165) is 25.7 Å². The lowest BCUT2D eigenvalue weighted by molar-refractivity contribution is -0.156. The van der Waals surface area contributed by atoms with Crippen LogP contribution in [0.4, 0.5) is 0 Å². The fourth-order valence-electron chi connectivity index (χ4n) is 3.84. The lowest BCUT2D eigenvalue weighted by atomic mass is 9.95. The minimum atomic E-state index is -0.870. The van der Waals surface area contributed by atoms with E-state index in [9.17, 15) is 24.3 Å². The smallest absolute Gasteiger partial charge is 0.343 e. The number of aliphatic hydroxyl groups excluding tert-OH is 1. The Morgan fingerprint density at radius 2 is 1.21 bits per heavy atom. The molecule has 0 saturated carbocycles. The van der Waals surface area contributed by atoms with Gasteiger partial charge in [0.05, 0.1) is 37.4 Å². The zero-order chi connectivity index (χ0) is 30.4. The van der Waals surface area contributed by atoms with E-state index in [2.05, 4.69) is 0 Å². The number of hydrogen-bond donors (Lipinski definition) is 1. The molecule has 2 aromatic rings. The summed E-state index contributed by atoms with van der Waals surface area (Å²) in [5.74, 6) is 0.228.